The Balaban J connectivity index is 2.62. The van der Waals surface area contributed by atoms with E-state index in [1.54, 1.807) is 19.1 Å². The Hall–Kier alpha value is -2.23. The quantitative estimate of drug-likeness (QED) is 0.586. The molecule has 0 aliphatic carbocycles. The summed E-state index contributed by atoms with van der Waals surface area (Å²) in [6, 6.07) is 2.01. The third kappa shape index (κ3) is 3.19. The van der Waals surface area contributed by atoms with Crippen LogP contribution < -0.4 is 0 Å². The van der Waals surface area contributed by atoms with Crippen molar-refractivity contribution in [3.8, 4) is 6.07 Å². The van der Waals surface area contributed by atoms with Crippen LogP contribution in [-0.2, 0) is 9.53 Å². The van der Waals surface area contributed by atoms with Crippen molar-refractivity contribution in [2.75, 3.05) is 6.61 Å². The monoisotopic (exact) mass is 207 g/mol. The molecule has 1 unspecified atom stereocenters. The second-order valence-electron chi connectivity index (χ2n) is 2.44. The molecule has 7 nitrogen and oxygen atoms in total. The molecule has 78 valence electrons. The van der Waals surface area contributed by atoms with Crippen molar-refractivity contribution in [3.05, 3.63) is 12.3 Å². The van der Waals surface area contributed by atoms with Crippen molar-refractivity contribution in [1.29, 1.82) is 5.26 Å². The fraction of sp³-hybridized carbons (Fsp3) is 0.375. The Morgan fingerprint density at radius 1 is 1.87 bits per heavy atom. The predicted molar refractivity (Wildman–Crippen MR) is 49.1 cm³/mol. The van der Waals surface area contributed by atoms with Crippen LogP contribution in [0.25, 0.3) is 0 Å². The van der Waals surface area contributed by atoms with E-state index in [1.165, 1.54) is 6.20 Å². The molecule has 0 saturated carbocycles. The lowest BCUT2D eigenvalue weighted by atomic mass is 10.4. The van der Waals surface area contributed by atoms with Crippen molar-refractivity contribution < 1.29 is 9.53 Å². The lowest BCUT2D eigenvalue weighted by molar-refractivity contribution is -0.143. The number of aromatic nitrogens is 2. The molecule has 15 heavy (non-hydrogen) atoms. The number of H-pyrrole nitrogens is 1. The third-order valence-corrected chi connectivity index (χ3v) is 1.40. The summed E-state index contributed by atoms with van der Waals surface area (Å²) in [4.78, 5) is 11.1. The van der Waals surface area contributed by atoms with Crippen LogP contribution in [0.15, 0.2) is 22.5 Å². The SMILES string of the molecule is CCOC(=O)C(C#N)N=Nc1ccn[nH]1. The van der Waals surface area contributed by atoms with E-state index in [1.807, 2.05) is 0 Å². The summed E-state index contributed by atoms with van der Waals surface area (Å²) in [6.45, 7) is 1.86. The van der Waals surface area contributed by atoms with Crippen LogP contribution in [0, 0.1) is 11.3 Å². The Bertz CT molecular complexity index is 378. The van der Waals surface area contributed by atoms with Crippen molar-refractivity contribution in [3.63, 3.8) is 0 Å². The molecule has 0 fully saturated rings. The van der Waals surface area contributed by atoms with Gasteiger partial charge in [0.2, 0.25) is 0 Å². The lowest BCUT2D eigenvalue weighted by Crippen LogP contribution is -2.19. The number of aromatic amines is 1. The molecular formula is C8H9N5O2. The molecule has 1 aromatic rings. The summed E-state index contributed by atoms with van der Waals surface area (Å²) >= 11 is 0. The van der Waals surface area contributed by atoms with Crippen molar-refractivity contribution in [1.82, 2.24) is 10.2 Å². The number of esters is 1. The number of nitriles is 1. The molecule has 0 radical (unpaired) electrons. The Labute approximate surface area is 85.8 Å². The van der Waals surface area contributed by atoms with E-state index >= 15 is 0 Å². The lowest BCUT2D eigenvalue weighted by Gasteiger charge is -2.00. The molecule has 0 saturated heterocycles. The number of ether oxygens (including phenoxy) is 1. The van der Waals surface area contributed by atoms with Gasteiger partial charge in [-0.1, -0.05) is 0 Å². The number of nitrogens with one attached hydrogen (secondary N) is 1. The summed E-state index contributed by atoms with van der Waals surface area (Å²) in [5.74, 6) is -0.331. The second-order valence-corrected chi connectivity index (χ2v) is 2.44. The normalized spacial score (nSPS) is 12.3. The van der Waals surface area contributed by atoms with Gasteiger partial charge in [-0.25, -0.2) is 4.79 Å². The summed E-state index contributed by atoms with van der Waals surface area (Å²) in [5, 5.41) is 21.9. The average Bonchev–Trinajstić information content (AvgIpc) is 2.72. The fourth-order valence-electron chi connectivity index (χ4n) is 0.771. The summed E-state index contributed by atoms with van der Waals surface area (Å²) < 4.78 is 4.62. The van der Waals surface area contributed by atoms with E-state index in [9.17, 15) is 4.79 Å². The van der Waals surface area contributed by atoms with Gasteiger partial charge in [0, 0.05) is 6.07 Å². The molecular weight excluding hydrogens is 198 g/mol. The topological polar surface area (TPSA) is 103 Å². The maximum absolute atomic E-state index is 11.1. The minimum Gasteiger partial charge on any atom is -0.464 e. The highest BCUT2D eigenvalue weighted by Gasteiger charge is 2.17. The molecule has 1 N–H and O–H groups in total. The maximum Gasteiger partial charge on any atom is 0.347 e. The first-order chi connectivity index (χ1) is 7.27. The minimum atomic E-state index is -1.23. The van der Waals surface area contributed by atoms with Gasteiger partial charge in [0.25, 0.3) is 6.04 Å². The van der Waals surface area contributed by atoms with E-state index in [2.05, 4.69) is 25.2 Å². The zero-order valence-corrected chi connectivity index (χ0v) is 8.04. The van der Waals surface area contributed by atoms with Gasteiger partial charge in [-0.15, -0.1) is 5.11 Å². The fourth-order valence-corrected chi connectivity index (χ4v) is 0.771. The molecule has 0 aliphatic rings. The Morgan fingerprint density at radius 3 is 3.20 bits per heavy atom. The number of hydrogen-bond donors (Lipinski definition) is 1. The van der Waals surface area contributed by atoms with Gasteiger partial charge < -0.3 is 4.74 Å². The summed E-state index contributed by atoms with van der Waals surface area (Å²) in [7, 11) is 0. The second kappa shape index (κ2) is 5.49. The molecule has 1 atom stereocenters. The zero-order valence-electron chi connectivity index (χ0n) is 8.04. The molecule has 1 heterocycles. The van der Waals surface area contributed by atoms with Gasteiger partial charge in [0.15, 0.2) is 5.82 Å². The molecule has 1 rings (SSSR count). The highest BCUT2D eigenvalue weighted by Crippen LogP contribution is 2.06. The van der Waals surface area contributed by atoms with Gasteiger partial charge in [0.05, 0.1) is 12.8 Å². The van der Waals surface area contributed by atoms with Gasteiger partial charge in [-0.05, 0) is 6.92 Å². The first-order valence-corrected chi connectivity index (χ1v) is 4.24. The van der Waals surface area contributed by atoms with Crippen LogP contribution >= 0.6 is 0 Å². The first kappa shape index (κ1) is 10.8. The zero-order chi connectivity index (χ0) is 11.1. The van der Waals surface area contributed by atoms with Crippen LogP contribution in [0.2, 0.25) is 0 Å². The summed E-state index contributed by atoms with van der Waals surface area (Å²) in [5.41, 5.74) is 0. The van der Waals surface area contributed by atoms with Crippen LogP contribution in [0.5, 0.6) is 0 Å². The minimum absolute atomic E-state index is 0.205. The highest BCUT2D eigenvalue weighted by molar-refractivity contribution is 5.78. The number of rotatable bonds is 4. The number of carbonyl (C=O) groups is 1. The standard InChI is InChI=1S/C8H9N5O2/c1-2-15-8(14)6(5-9)11-13-7-3-4-10-12-7/h3-4,6H,2H2,1H3,(H,10,12). The van der Waals surface area contributed by atoms with Gasteiger partial charge in [-0.3, -0.25) is 5.10 Å². The molecule has 7 heteroatoms. The number of nitrogens with zero attached hydrogens (tertiary/aromatic N) is 4. The van der Waals surface area contributed by atoms with E-state index in [0.717, 1.165) is 0 Å². The van der Waals surface area contributed by atoms with Gasteiger partial charge in [0.1, 0.15) is 6.07 Å². The summed E-state index contributed by atoms with van der Waals surface area (Å²) in [6.07, 6.45) is 1.49. The molecule has 0 amide bonds. The van der Waals surface area contributed by atoms with Crippen LogP contribution in [0.4, 0.5) is 5.82 Å². The van der Waals surface area contributed by atoms with E-state index in [0.29, 0.717) is 5.82 Å². The Morgan fingerprint density at radius 2 is 2.67 bits per heavy atom. The van der Waals surface area contributed by atoms with E-state index < -0.39 is 12.0 Å². The molecule has 0 spiro atoms. The van der Waals surface area contributed by atoms with Crippen molar-refractivity contribution >= 4 is 11.8 Å². The predicted octanol–water partition coefficient (Wildman–Crippen LogP) is 0.949. The maximum atomic E-state index is 11.1. The molecule has 0 aliphatic heterocycles. The largest absolute Gasteiger partial charge is 0.464 e. The van der Waals surface area contributed by atoms with Crippen LogP contribution in [-0.4, -0.2) is 28.8 Å². The number of hydrogen-bond acceptors (Lipinski definition) is 6. The molecule has 0 bridgehead atoms. The Kier molecular flexibility index (Phi) is 3.97. The number of azo groups is 1. The van der Waals surface area contributed by atoms with E-state index in [-0.39, 0.29) is 6.61 Å². The van der Waals surface area contributed by atoms with Gasteiger partial charge in [-0.2, -0.15) is 15.5 Å². The van der Waals surface area contributed by atoms with Gasteiger partial charge >= 0.3 is 5.97 Å². The molecule has 1 aromatic heterocycles. The van der Waals surface area contributed by atoms with Crippen molar-refractivity contribution in [2.24, 2.45) is 10.2 Å². The number of carbonyl (C=O) groups excluding carboxylic acids is 1. The molecule has 0 aromatic carbocycles. The third-order valence-electron chi connectivity index (χ3n) is 1.40. The van der Waals surface area contributed by atoms with Crippen molar-refractivity contribution in [2.45, 2.75) is 13.0 Å². The van der Waals surface area contributed by atoms with Crippen LogP contribution in [0.3, 0.4) is 0 Å². The smallest absolute Gasteiger partial charge is 0.347 e. The average molecular weight is 207 g/mol. The first-order valence-electron chi connectivity index (χ1n) is 4.24. The van der Waals surface area contributed by atoms with Crippen LogP contribution in [0.1, 0.15) is 6.92 Å². The van der Waals surface area contributed by atoms with E-state index in [4.69, 9.17) is 5.26 Å². The highest BCUT2D eigenvalue weighted by atomic mass is 16.5.